The van der Waals surface area contributed by atoms with E-state index in [4.69, 9.17) is 0 Å². The van der Waals surface area contributed by atoms with Crippen molar-refractivity contribution in [2.45, 2.75) is 98.5 Å². The Morgan fingerprint density at radius 2 is 1.79 bits per heavy atom. The van der Waals surface area contributed by atoms with Gasteiger partial charge in [0.05, 0.1) is 6.10 Å². The fraction of sp³-hybridized carbons (Fsp3) is 0.852. The molecule has 0 amide bonds. The largest absolute Gasteiger partial charge is 0.389 e. The Morgan fingerprint density at radius 3 is 2.54 bits per heavy atom. The summed E-state index contributed by atoms with van der Waals surface area (Å²) in [5.74, 6) is 5.10. The van der Waals surface area contributed by atoms with Crippen LogP contribution < -0.4 is 0 Å². The lowest BCUT2D eigenvalue weighted by molar-refractivity contribution is -0.0300. The van der Waals surface area contributed by atoms with Crippen LogP contribution in [-0.2, 0) is 0 Å². The van der Waals surface area contributed by atoms with Gasteiger partial charge < -0.3 is 5.11 Å². The first-order valence-electron chi connectivity index (χ1n) is 12.3. The average molecular weight is 385 g/mol. The number of allylic oxidation sites excluding steroid dienone is 3. The van der Waals surface area contributed by atoms with Crippen LogP contribution in [0.5, 0.6) is 0 Å². The third kappa shape index (κ3) is 3.34. The smallest absolute Gasteiger partial charge is 0.0727 e. The van der Waals surface area contributed by atoms with Gasteiger partial charge in [-0.2, -0.15) is 0 Å². The van der Waals surface area contributed by atoms with Crippen molar-refractivity contribution >= 4 is 0 Å². The monoisotopic (exact) mass is 384 g/mol. The van der Waals surface area contributed by atoms with E-state index in [-0.39, 0.29) is 6.10 Å². The quantitative estimate of drug-likeness (QED) is 0.533. The van der Waals surface area contributed by atoms with Crippen molar-refractivity contribution in [2.24, 2.45) is 46.3 Å². The van der Waals surface area contributed by atoms with E-state index in [0.29, 0.717) is 10.8 Å². The Morgan fingerprint density at radius 1 is 1.00 bits per heavy atom. The van der Waals surface area contributed by atoms with Gasteiger partial charge in [0, 0.05) is 0 Å². The molecule has 2 fully saturated rings. The summed E-state index contributed by atoms with van der Waals surface area (Å²) in [6.45, 7) is 12.5. The van der Waals surface area contributed by atoms with Crippen LogP contribution >= 0.6 is 0 Å². The van der Waals surface area contributed by atoms with Gasteiger partial charge in [0.15, 0.2) is 0 Å². The van der Waals surface area contributed by atoms with Crippen molar-refractivity contribution in [3.63, 3.8) is 0 Å². The summed E-state index contributed by atoms with van der Waals surface area (Å²) in [4.78, 5) is 0. The van der Waals surface area contributed by atoms with Crippen LogP contribution in [0, 0.1) is 46.3 Å². The minimum atomic E-state index is -0.222. The minimum absolute atomic E-state index is 0.222. The molecule has 1 N–H and O–H groups in total. The van der Waals surface area contributed by atoms with Gasteiger partial charge in [-0.1, -0.05) is 72.1 Å². The number of hydrogen-bond acceptors (Lipinski definition) is 1. The summed E-state index contributed by atoms with van der Waals surface area (Å²) in [7, 11) is 0. The molecular formula is C27H44O. The molecule has 8 atom stereocenters. The molecule has 0 aromatic rings. The normalized spacial score (nSPS) is 46.0. The van der Waals surface area contributed by atoms with Crippen molar-refractivity contribution < 1.29 is 5.11 Å². The van der Waals surface area contributed by atoms with Crippen molar-refractivity contribution in [1.82, 2.24) is 0 Å². The minimum Gasteiger partial charge on any atom is -0.389 e. The first-order chi connectivity index (χ1) is 13.3. The SMILES string of the molecule is CC(C)CCCC(C)[C@H]1CCC2C3C=CC4=CC(O)CCC4(C)C3CCC21C. The highest BCUT2D eigenvalue weighted by Gasteiger charge is 2.58. The molecule has 158 valence electrons. The van der Waals surface area contributed by atoms with Crippen LogP contribution in [0.3, 0.4) is 0 Å². The summed E-state index contributed by atoms with van der Waals surface area (Å²) in [6.07, 6.45) is 19.0. The van der Waals surface area contributed by atoms with E-state index in [9.17, 15) is 5.11 Å². The van der Waals surface area contributed by atoms with Gasteiger partial charge in [-0.25, -0.2) is 0 Å². The number of fused-ring (bicyclic) bond motifs is 5. The van der Waals surface area contributed by atoms with Crippen molar-refractivity contribution in [3.05, 3.63) is 23.8 Å². The van der Waals surface area contributed by atoms with Crippen molar-refractivity contribution in [2.75, 3.05) is 0 Å². The number of aliphatic hydroxyl groups is 1. The molecule has 1 nitrogen and oxygen atoms in total. The molecule has 4 aliphatic carbocycles. The highest BCUT2D eigenvalue weighted by Crippen LogP contribution is 2.66. The standard InChI is InChI=1S/C27H44O/c1-18(2)7-6-8-19(3)23-11-12-24-22-10-9-20-17-21(28)13-15-26(20,4)25(22)14-16-27(23,24)5/h9-10,17-19,21-25,28H,6-8,11-16H2,1-5H3/t19?,21?,22?,23-,24?,25?,26?,27?/m1/s1. The Hall–Kier alpha value is -0.560. The Balaban J connectivity index is 1.52. The molecule has 28 heavy (non-hydrogen) atoms. The van der Waals surface area contributed by atoms with E-state index in [1.165, 1.54) is 56.9 Å². The van der Waals surface area contributed by atoms with Gasteiger partial charge in [-0.15, -0.1) is 0 Å². The maximum atomic E-state index is 10.1. The van der Waals surface area contributed by atoms with E-state index in [0.717, 1.165) is 41.9 Å². The molecular weight excluding hydrogens is 340 g/mol. The highest BCUT2D eigenvalue weighted by atomic mass is 16.3. The first-order valence-corrected chi connectivity index (χ1v) is 12.3. The summed E-state index contributed by atoms with van der Waals surface area (Å²) >= 11 is 0. The molecule has 0 radical (unpaired) electrons. The highest BCUT2D eigenvalue weighted by molar-refractivity contribution is 5.36. The topological polar surface area (TPSA) is 20.2 Å². The number of hydrogen-bond donors (Lipinski definition) is 1. The van der Waals surface area contributed by atoms with E-state index in [2.05, 4.69) is 52.8 Å². The zero-order valence-corrected chi connectivity index (χ0v) is 19.1. The summed E-state index contributed by atoms with van der Waals surface area (Å²) in [5, 5.41) is 10.1. The summed E-state index contributed by atoms with van der Waals surface area (Å²) in [6, 6.07) is 0. The fourth-order valence-corrected chi connectivity index (χ4v) is 8.16. The Kier molecular flexibility index (Phi) is 5.62. The van der Waals surface area contributed by atoms with Gasteiger partial charge >= 0.3 is 0 Å². The zero-order valence-electron chi connectivity index (χ0n) is 19.1. The maximum absolute atomic E-state index is 10.1. The van der Waals surface area contributed by atoms with Crippen LogP contribution in [0.15, 0.2) is 23.8 Å². The lowest BCUT2D eigenvalue weighted by Gasteiger charge is -2.57. The van der Waals surface area contributed by atoms with Gasteiger partial charge in [-0.05, 0) is 90.4 Å². The van der Waals surface area contributed by atoms with Crippen molar-refractivity contribution in [3.8, 4) is 0 Å². The summed E-state index contributed by atoms with van der Waals surface area (Å²) < 4.78 is 0. The van der Waals surface area contributed by atoms with Gasteiger partial charge in [0.1, 0.15) is 0 Å². The second kappa shape index (κ2) is 7.60. The molecule has 4 rings (SSSR count). The van der Waals surface area contributed by atoms with Crippen LogP contribution in [0.2, 0.25) is 0 Å². The molecule has 0 aromatic carbocycles. The van der Waals surface area contributed by atoms with Crippen LogP contribution in [0.1, 0.15) is 92.4 Å². The molecule has 0 aliphatic heterocycles. The van der Waals surface area contributed by atoms with Crippen molar-refractivity contribution in [1.29, 1.82) is 0 Å². The molecule has 4 aliphatic rings. The van der Waals surface area contributed by atoms with E-state index >= 15 is 0 Å². The van der Waals surface area contributed by atoms with Crippen LogP contribution in [-0.4, -0.2) is 11.2 Å². The lowest BCUT2D eigenvalue weighted by Crippen LogP contribution is -2.49. The number of rotatable bonds is 5. The Labute approximate surface area is 174 Å². The molecule has 0 bridgehead atoms. The van der Waals surface area contributed by atoms with E-state index < -0.39 is 0 Å². The molecule has 7 unspecified atom stereocenters. The predicted octanol–water partition coefficient (Wildman–Crippen LogP) is 7.16. The zero-order chi connectivity index (χ0) is 20.1. The maximum Gasteiger partial charge on any atom is 0.0727 e. The lowest BCUT2D eigenvalue weighted by atomic mass is 9.48. The molecule has 2 saturated carbocycles. The number of aliphatic hydroxyl groups excluding tert-OH is 1. The average Bonchev–Trinajstić information content (AvgIpc) is 2.99. The van der Waals surface area contributed by atoms with E-state index in [1.807, 2.05) is 0 Å². The predicted molar refractivity (Wildman–Crippen MR) is 119 cm³/mol. The van der Waals surface area contributed by atoms with Crippen LogP contribution in [0.25, 0.3) is 0 Å². The van der Waals surface area contributed by atoms with Gasteiger partial charge in [-0.3, -0.25) is 0 Å². The molecule has 0 heterocycles. The third-order valence-electron chi connectivity index (χ3n) is 9.84. The molecule has 0 spiro atoms. The van der Waals surface area contributed by atoms with Crippen LogP contribution in [0.4, 0.5) is 0 Å². The summed E-state index contributed by atoms with van der Waals surface area (Å²) in [5.41, 5.74) is 2.29. The molecule has 0 saturated heterocycles. The van der Waals surface area contributed by atoms with E-state index in [1.54, 1.807) is 0 Å². The second-order valence-corrected chi connectivity index (χ2v) is 11.8. The Bertz CT molecular complexity index is 630. The first kappa shape index (κ1) is 20.7. The second-order valence-electron chi connectivity index (χ2n) is 11.8. The molecule has 0 aromatic heterocycles. The molecule has 1 heteroatoms. The third-order valence-corrected chi connectivity index (χ3v) is 9.84. The van der Waals surface area contributed by atoms with Gasteiger partial charge in [0.2, 0.25) is 0 Å². The fourth-order valence-electron chi connectivity index (χ4n) is 8.16. The van der Waals surface area contributed by atoms with Gasteiger partial charge in [0.25, 0.3) is 0 Å².